The molecular weight excluding hydrogens is 396 g/mol. The summed E-state index contributed by atoms with van der Waals surface area (Å²) in [6.07, 6.45) is 3.49. The van der Waals surface area contributed by atoms with Crippen LogP contribution in [0.15, 0.2) is 36.4 Å². The van der Waals surface area contributed by atoms with Crippen molar-refractivity contribution in [1.29, 1.82) is 0 Å². The lowest BCUT2D eigenvalue weighted by Gasteiger charge is -2.57. The first kappa shape index (κ1) is 20.2. The van der Waals surface area contributed by atoms with Crippen molar-refractivity contribution in [1.82, 2.24) is 4.57 Å². The van der Waals surface area contributed by atoms with Crippen molar-refractivity contribution in [2.75, 3.05) is 0 Å². The number of benzene rings is 2. The minimum Gasteiger partial charge on any atom is -0.481 e. The summed E-state index contributed by atoms with van der Waals surface area (Å²) in [7, 11) is 0. The highest BCUT2D eigenvalue weighted by Gasteiger charge is 2.55. The molecule has 31 heavy (non-hydrogen) atoms. The zero-order valence-electron chi connectivity index (χ0n) is 18.1. The smallest absolute Gasteiger partial charge is 0.306 e. The monoisotopic (exact) mass is 423 g/mol. The number of carboxylic acid groups (broad SMARTS) is 1. The highest BCUT2D eigenvalue weighted by molar-refractivity contribution is 5.88. The minimum absolute atomic E-state index is 0.156. The molecule has 162 valence electrons. The SMILES string of the molecule is Cc1cc(-n2c(C(C)C)c(C3CC4(CC(C(=O)O)C4)C3)c3ccc(F)cc32)ccc1F. The van der Waals surface area contributed by atoms with E-state index in [0.29, 0.717) is 11.5 Å². The number of aryl methyl sites for hydroxylation is 1. The standard InChI is InChI=1S/C26H27F2NO2/c1-14(2)24-23(16-10-26(11-16)12-17(13-26)25(30)31)20-6-4-18(27)9-22(20)29(24)19-5-7-21(28)15(3)8-19/h4-9,14,16-17H,10-13H2,1-3H3,(H,30,31). The molecule has 1 heterocycles. The summed E-state index contributed by atoms with van der Waals surface area (Å²) in [6.45, 7) is 6.02. The molecule has 5 heteroatoms. The van der Waals surface area contributed by atoms with Crippen molar-refractivity contribution < 1.29 is 18.7 Å². The fourth-order valence-corrected chi connectivity index (χ4v) is 6.03. The van der Waals surface area contributed by atoms with Crippen LogP contribution in [0.5, 0.6) is 0 Å². The van der Waals surface area contributed by atoms with Crippen molar-refractivity contribution in [3.05, 3.63) is 64.9 Å². The molecule has 5 rings (SSSR count). The number of carboxylic acids is 1. The van der Waals surface area contributed by atoms with Crippen molar-refractivity contribution in [3.8, 4) is 5.69 Å². The molecule has 2 aromatic carbocycles. The van der Waals surface area contributed by atoms with E-state index in [9.17, 15) is 18.7 Å². The van der Waals surface area contributed by atoms with Crippen LogP contribution in [0.1, 0.15) is 68.2 Å². The van der Waals surface area contributed by atoms with Gasteiger partial charge in [0, 0.05) is 16.8 Å². The lowest BCUT2D eigenvalue weighted by molar-refractivity contribution is -0.155. The van der Waals surface area contributed by atoms with Crippen LogP contribution in [0, 0.1) is 29.9 Å². The molecule has 2 saturated carbocycles. The summed E-state index contributed by atoms with van der Waals surface area (Å²) >= 11 is 0. The number of hydrogen-bond acceptors (Lipinski definition) is 1. The van der Waals surface area contributed by atoms with Gasteiger partial charge in [-0.1, -0.05) is 13.8 Å². The quantitative estimate of drug-likeness (QED) is 0.507. The summed E-state index contributed by atoms with van der Waals surface area (Å²) in [5, 5.41) is 10.3. The molecule has 1 N–H and O–H groups in total. The summed E-state index contributed by atoms with van der Waals surface area (Å²) in [5.74, 6) is -0.904. The normalized spacial score (nSPS) is 25.1. The summed E-state index contributed by atoms with van der Waals surface area (Å²) in [6, 6.07) is 9.99. The molecule has 0 atom stereocenters. The van der Waals surface area contributed by atoms with Crippen LogP contribution in [-0.2, 0) is 4.79 Å². The Kier molecular flexibility index (Phi) is 4.51. The lowest BCUT2D eigenvalue weighted by atomic mass is 9.47. The Morgan fingerprint density at radius 1 is 1.10 bits per heavy atom. The molecule has 3 nitrogen and oxygen atoms in total. The Morgan fingerprint density at radius 3 is 2.42 bits per heavy atom. The average molecular weight is 424 g/mol. The maximum absolute atomic E-state index is 14.3. The molecule has 0 radical (unpaired) electrons. The Hall–Kier alpha value is -2.69. The second-order valence-corrected chi connectivity index (χ2v) is 9.93. The maximum Gasteiger partial charge on any atom is 0.306 e. The second kappa shape index (κ2) is 6.91. The Labute approximate surface area is 180 Å². The molecule has 2 fully saturated rings. The van der Waals surface area contributed by atoms with Gasteiger partial charge in [0.2, 0.25) is 0 Å². The maximum atomic E-state index is 14.3. The summed E-state index contributed by atoms with van der Waals surface area (Å²) in [4.78, 5) is 11.3. The number of halogens is 2. The van der Waals surface area contributed by atoms with E-state index in [1.54, 1.807) is 19.1 Å². The summed E-state index contributed by atoms with van der Waals surface area (Å²) < 4.78 is 30.3. The van der Waals surface area contributed by atoms with Crippen molar-refractivity contribution in [2.24, 2.45) is 11.3 Å². The number of carbonyl (C=O) groups is 1. The molecule has 1 spiro atoms. The molecule has 0 saturated heterocycles. The number of hydrogen-bond donors (Lipinski definition) is 1. The highest BCUT2D eigenvalue weighted by atomic mass is 19.1. The van der Waals surface area contributed by atoms with Crippen LogP contribution in [-0.4, -0.2) is 15.6 Å². The molecule has 3 aromatic rings. The number of nitrogens with zero attached hydrogens (tertiary/aromatic N) is 1. The van der Waals surface area contributed by atoms with Gasteiger partial charge in [-0.3, -0.25) is 4.79 Å². The van der Waals surface area contributed by atoms with Crippen molar-refractivity contribution in [2.45, 2.75) is 58.3 Å². The highest BCUT2D eigenvalue weighted by Crippen LogP contribution is 2.65. The fraction of sp³-hybridized carbons (Fsp3) is 0.423. The Bertz CT molecular complexity index is 1200. The van der Waals surface area contributed by atoms with E-state index in [0.717, 1.165) is 48.0 Å². The van der Waals surface area contributed by atoms with E-state index in [1.807, 2.05) is 12.1 Å². The van der Waals surface area contributed by atoms with Crippen LogP contribution in [0.4, 0.5) is 8.78 Å². The predicted octanol–water partition coefficient (Wildman–Crippen LogP) is 6.70. The summed E-state index contributed by atoms with van der Waals surface area (Å²) in [5.41, 5.74) is 4.75. The van der Waals surface area contributed by atoms with E-state index < -0.39 is 5.97 Å². The first-order valence-electron chi connectivity index (χ1n) is 11.0. The third-order valence-corrected chi connectivity index (χ3v) is 7.43. The first-order chi connectivity index (χ1) is 14.7. The molecule has 2 aliphatic carbocycles. The zero-order valence-corrected chi connectivity index (χ0v) is 18.1. The van der Waals surface area contributed by atoms with Gasteiger partial charge in [0.1, 0.15) is 11.6 Å². The predicted molar refractivity (Wildman–Crippen MR) is 117 cm³/mol. The molecule has 2 aliphatic rings. The van der Waals surface area contributed by atoms with Gasteiger partial charge >= 0.3 is 5.97 Å². The lowest BCUT2D eigenvalue weighted by Crippen LogP contribution is -2.49. The topological polar surface area (TPSA) is 42.2 Å². The van der Waals surface area contributed by atoms with Crippen molar-refractivity contribution >= 4 is 16.9 Å². The van der Waals surface area contributed by atoms with Gasteiger partial charge in [0.15, 0.2) is 0 Å². The number of aromatic nitrogens is 1. The van der Waals surface area contributed by atoms with Gasteiger partial charge in [0.25, 0.3) is 0 Å². The fourth-order valence-electron chi connectivity index (χ4n) is 6.03. The molecule has 1 aromatic heterocycles. The number of rotatable bonds is 4. The van der Waals surface area contributed by atoms with E-state index in [4.69, 9.17) is 0 Å². The first-order valence-corrected chi connectivity index (χ1v) is 11.0. The third-order valence-electron chi connectivity index (χ3n) is 7.43. The van der Waals surface area contributed by atoms with E-state index in [2.05, 4.69) is 18.4 Å². The minimum atomic E-state index is -0.685. The van der Waals surface area contributed by atoms with Crippen molar-refractivity contribution in [3.63, 3.8) is 0 Å². The largest absolute Gasteiger partial charge is 0.481 e. The zero-order chi connectivity index (χ0) is 22.1. The van der Waals surface area contributed by atoms with E-state index >= 15 is 0 Å². The molecule has 0 aliphatic heterocycles. The number of aliphatic carboxylic acids is 1. The van der Waals surface area contributed by atoms with Crippen LogP contribution in [0.3, 0.4) is 0 Å². The average Bonchev–Trinajstić information content (AvgIpc) is 2.96. The van der Waals surface area contributed by atoms with E-state index in [1.165, 1.54) is 17.7 Å². The van der Waals surface area contributed by atoms with Crippen LogP contribution in [0.25, 0.3) is 16.6 Å². The van der Waals surface area contributed by atoms with Gasteiger partial charge in [-0.25, -0.2) is 8.78 Å². The van der Waals surface area contributed by atoms with Crippen LogP contribution in [0.2, 0.25) is 0 Å². The molecule has 0 amide bonds. The Balaban J connectivity index is 1.63. The van der Waals surface area contributed by atoms with Crippen LogP contribution >= 0.6 is 0 Å². The third kappa shape index (κ3) is 3.08. The van der Waals surface area contributed by atoms with Gasteiger partial charge < -0.3 is 9.67 Å². The number of fused-ring (bicyclic) bond motifs is 1. The van der Waals surface area contributed by atoms with Gasteiger partial charge in [0.05, 0.1) is 11.4 Å². The van der Waals surface area contributed by atoms with Gasteiger partial charge in [-0.2, -0.15) is 0 Å². The molecular formula is C26H27F2NO2. The van der Waals surface area contributed by atoms with Gasteiger partial charge in [-0.15, -0.1) is 0 Å². The molecule has 0 unspecified atom stereocenters. The van der Waals surface area contributed by atoms with Crippen LogP contribution < -0.4 is 0 Å². The second-order valence-electron chi connectivity index (χ2n) is 9.93. The Morgan fingerprint density at radius 2 is 1.81 bits per heavy atom. The molecule has 0 bridgehead atoms. The van der Waals surface area contributed by atoms with Gasteiger partial charge in [-0.05, 0) is 97.4 Å². The van der Waals surface area contributed by atoms with E-state index in [-0.39, 0.29) is 28.9 Å².